The minimum absolute atomic E-state index is 0.0523. The number of halogens is 3. The lowest BCUT2D eigenvalue weighted by Gasteiger charge is -2.28. The van der Waals surface area contributed by atoms with Gasteiger partial charge in [0, 0.05) is 33.2 Å². The number of ether oxygens (including phenoxy) is 1. The third-order valence-corrected chi connectivity index (χ3v) is 4.75. The van der Waals surface area contributed by atoms with Crippen LogP contribution in [0.1, 0.15) is 6.92 Å². The van der Waals surface area contributed by atoms with Crippen LogP contribution in [0.25, 0.3) is 11.2 Å². The summed E-state index contributed by atoms with van der Waals surface area (Å²) in [5, 5.41) is 3.17. The van der Waals surface area contributed by atoms with Crippen LogP contribution in [-0.2, 0) is 34.5 Å². The highest BCUT2D eigenvalue weighted by molar-refractivity contribution is 5.89. The fourth-order valence-electron chi connectivity index (χ4n) is 3.22. The van der Waals surface area contributed by atoms with E-state index in [1.54, 1.807) is 6.92 Å². The van der Waals surface area contributed by atoms with E-state index in [9.17, 15) is 32.3 Å². The first-order chi connectivity index (χ1) is 15.1. The second kappa shape index (κ2) is 8.87. The number of aromatic nitrogens is 4. The predicted octanol–water partition coefficient (Wildman–Crippen LogP) is -1.04. The molecule has 2 aromatic heterocycles. The molecule has 1 aliphatic heterocycles. The van der Waals surface area contributed by atoms with Crippen LogP contribution < -0.4 is 21.5 Å². The van der Waals surface area contributed by atoms with Gasteiger partial charge in [0.2, 0.25) is 5.95 Å². The summed E-state index contributed by atoms with van der Waals surface area (Å²) in [6.07, 6.45) is -5.38. The number of esters is 2. The first-order valence-corrected chi connectivity index (χ1v) is 9.43. The Bertz CT molecular complexity index is 1240. The first kappa shape index (κ1) is 23.1. The highest BCUT2D eigenvalue weighted by Gasteiger charge is 2.42. The van der Waals surface area contributed by atoms with Gasteiger partial charge >= 0.3 is 23.8 Å². The lowest BCUT2D eigenvalue weighted by molar-refractivity contribution is -0.202. The van der Waals surface area contributed by atoms with Crippen molar-refractivity contribution in [3.63, 3.8) is 0 Å². The molecule has 0 aromatic carbocycles. The summed E-state index contributed by atoms with van der Waals surface area (Å²) in [4.78, 5) is 54.6. The van der Waals surface area contributed by atoms with Crippen molar-refractivity contribution < 1.29 is 27.5 Å². The quantitative estimate of drug-likeness (QED) is 0.352. The van der Waals surface area contributed by atoms with Crippen molar-refractivity contribution >= 4 is 29.1 Å². The summed E-state index contributed by atoms with van der Waals surface area (Å²) < 4.78 is 43.9. The van der Waals surface area contributed by atoms with Crippen molar-refractivity contribution in [1.29, 1.82) is 0 Å². The number of hydrogen-bond acceptors (Lipinski definition) is 8. The molecule has 0 radical (unpaired) electrons. The van der Waals surface area contributed by atoms with Crippen molar-refractivity contribution in [2.24, 2.45) is 7.05 Å². The zero-order valence-electron chi connectivity index (χ0n) is 17.2. The van der Waals surface area contributed by atoms with Gasteiger partial charge in [-0.25, -0.2) is 14.4 Å². The predicted molar refractivity (Wildman–Crippen MR) is 105 cm³/mol. The molecule has 0 spiro atoms. The zero-order chi connectivity index (χ0) is 23.6. The molecular weight excluding hydrogens is 437 g/mol. The smallest absolute Gasteiger partial charge is 0.385 e. The molecule has 0 saturated carbocycles. The zero-order valence-corrected chi connectivity index (χ0v) is 17.2. The third-order valence-electron chi connectivity index (χ3n) is 4.75. The number of rotatable bonds is 4. The lowest BCUT2D eigenvalue weighted by Crippen LogP contribution is -2.44. The van der Waals surface area contributed by atoms with Gasteiger partial charge in [0.05, 0.1) is 6.54 Å². The number of hydrogen-bond donors (Lipinski definition) is 1. The summed E-state index contributed by atoms with van der Waals surface area (Å²) in [6, 6.07) is 0. The van der Waals surface area contributed by atoms with Gasteiger partial charge in [0.1, 0.15) is 6.54 Å². The van der Waals surface area contributed by atoms with E-state index in [2.05, 4.69) is 26.9 Å². The van der Waals surface area contributed by atoms with Crippen LogP contribution in [0.5, 0.6) is 0 Å². The summed E-state index contributed by atoms with van der Waals surface area (Å²) in [5.74, 6) is 1.51. The van der Waals surface area contributed by atoms with Crippen molar-refractivity contribution in [2.45, 2.75) is 26.2 Å². The molecule has 3 heterocycles. The molecule has 32 heavy (non-hydrogen) atoms. The average Bonchev–Trinajstić information content (AvgIpc) is 3.13. The normalized spacial score (nSPS) is 14.2. The van der Waals surface area contributed by atoms with Gasteiger partial charge in [-0.1, -0.05) is 5.92 Å². The molecule has 0 unspecified atom stereocenters. The standard InChI is InChI=1S/C18H19F3N6O5/c1-3-4-7-26-12-13(23-16(26)25-8-5-22-6-9-25)27(17(31)24(2)14(12)29)10-11(28)32-15(30)18(19,20)21/h22H,5-10H2,1-2H3. The number of nitrogens with one attached hydrogen (secondary N) is 1. The van der Waals surface area contributed by atoms with Crippen LogP contribution in [0.15, 0.2) is 9.59 Å². The summed E-state index contributed by atoms with van der Waals surface area (Å²) >= 11 is 0. The van der Waals surface area contributed by atoms with E-state index in [1.807, 2.05) is 4.90 Å². The van der Waals surface area contributed by atoms with E-state index in [0.717, 1.165) is 7.05 Å². The lowest BCUT2D eigenvalue weighted by atomic mass is 10.4. The molecule has 1 saturated heterocycles. The van der Waals surface area contributed by atoms with Gasteiger partial charge in [0.15, 0.2) is 11.2 Å². The maximum absolute atomic E-state index is 12.9. The molecule has 0 bridgehead atoms. The molecular formula is C18H19F3N6O5. The Morgan fingerprint density at radius 3 is 2.44 bits per heavy atom. The van der Waals surface area contributed by atoms with Gasteiger partial charge in [-0.15, -0.1) is 5.92 Å². The Balaban J connectivity index is 2.16. The molecule has 0 atom stereocenters. The van der Waals surface area contributed by atoms with Gasteiger partial charge in [0.25, 0.3) is 5.56 Å². The number of fused-ring (bicyclic) bond motifs is 1. The fraction of sp³-hybridized carbons (Fsp3) is 0.500. The van der Waals surface area contributed by atoms with E-state index in [-0.39, 0.29) is 17.7 Å². The second-order valence-electron chi connectivity index (χ2n) is 6.83. The maximum atomic E-state index is 12.9. The van der Waals surface area contributed by atoms with Crippen LogP contribution in [0, 0.1) is 11.8 Å². The molecule has 0 amide bonds. The van der Waals surface area contributed by atoms with E-state index >= 15 is 0 Å². The van der Waals surface area contributed by atoms with E-state index < -0.39 is 35.9 Å². The molecule has 2 aromatic rings. The molecule has 11 nitrogen and oxygen atoms in total. The maximum Gasteiger partial charge on any atom is 0.491 e. The van der Waals surface area contributed by atoms with Gasteiger partial charge < -0.3 is 15.0 Å². The number of alkyl halides is 3. The van der Waals surface area contributed by atoms with Crippen molar-refractivity contribution in [2.75, 3.05) is 31.1 Å². The largest absolute Gasteiger partial charge is 0.491 e. The fourth-order valence-corrected chi connectivity index (χ4v) is 3.22. The first-order valence-electron chi connectivity index (χ1n) is 9.43. The Hall–Kier alpha value is -3.60. The number of carbonyl (C=O) groups is 2. The average molecular weight is 456 g/mol. The minimum atomic E-state index is -5.38. The topological polar surface area (TPSA) is 120 Å². The summed E-state index contributed by atoms with van der Waals surface area (Å²) in [6.45, 7) is 2.95. The number of imidazole rings is 1. The van der Waals surface area contributed by atoms with Gasteiger partial charge in [-0.05, 0) is 6.92 Å². The van der Waals surface area contributed by atoms with Gasteiger partial charge in [-0.2, -0.15) is 18.2 Å². The summed E-state index contributed by atoms with van der Waals surface area (Å²) in [5.41, 5.74) is -2.00. The number of piperazine rings is 1. The molecule has 1 N–H and O–H groups in total. The number of carbonyl (C=O) groups excluding carboxylic acids is 2. The van der Waals surface area contributed by atoms with Crippen LogP contribution in [0.2, 0.25) is 0 Å². The van der Waals surface area contributed by atoms with Crippen LogP contribution in [0.4, 0.5) is 19.1 Å². The monoisotopic (exact) mass is 456 g/mol. The Labute approximate surface area is 178 Å². The van der Waals surface area contributed by atoms with E-state index in [0.29, 0.717) is 41.3 Å². The van der Waals surface area contributed by atoms with Crippen LogP contribution in [0.3, 0.4) is 0 Å². The van der Waals surface area contributed by atoms with E-state index in [1.165, 1.54) is 4.57 Å². The van der Waals surface area contributed by atoms with Crippen LogP contribution >= 0.6 is 0 Å². The Morgan fingerprint density at radius 1 is 1.19 bits per heavy atom. The number of nitrogens with zero attached hydrogens (tertiary/aromatic N) is 5. The molecule has 1 fully saturated rings. The van der Waals surface area contributed by atoms with Crippen molar-refractivity contribution in [1.82, 2.24) is 24.0 Å². The Morgan fingerprint density at radius 2 is 1.84 bits per heavy atom. The molecule has 1 aliphatic rings. The second-order valence-corrected chi connectivity index (χ2v) is 6.83. The van der Waals surface area contributed by atoms with Crippen molar-refractivity contribution in [3.05, 3.63) is 20.8 Å². The highest BCUT2D eigenvalue weighted by Crippen LogP contribution is 2.21. The highest BCUT2D eigenvalue weighted by atomic mass is 19.4. The molecule has 172 valence electrons. The molecule has 14 heteroatoms. The van der Waals surface area contributed by atoms with E-state index in [4.69, 9.17) is 0 Å². The molecule has 0 aliphatic carbocycles. The summed E-state index contributed by atoms with van der Waals surface area (Å²) in [7, 11) is 1.15. The third kappa shape index (κ3) is 4.37. The Kier molecular flexibility index (Phi) is 6.40. The SMILES string of the molecule is CC#CCn1c(N2CCNCC2)nc2c1c(=O)n(C)c(=O)n2CC(=O)OC(=O)C(F)(F)F. The molecule has 3 rings (SSSR count). The van der Waals surface area contributed by atoms with Crippen LogP contribution in [-0.4, -0.2) is 63.0 Å². The van der Waals surface area contributed by atoms with Gasteiger partial charge in [-0.3, -0.25) is 18.5 Å². The van der Waals surface area contributed by atoms with Crippen molar-refractivity contribution in [3.8, 4) is 11.8 Å². The minimum Gasteiger partial charge on any atom is -0.385 e. The number of anilines is 1.